The van der Waals surface area contributed by atoms with Gasteiger partial charge >= 0.3 is 6.18 Å². The maximum Gasteiger partial charge on any atom is 0.433 e. The highest BCUT2D eigenvalue weighted by molar-refractivity contribution is 5.57. The van der Waals surface area contributed by atoms with Crippen LogP contribution >= 0.6 is 0 Å². The third-order valence-electron chi connectivity index (χ3n) is 4.89. The highest BCUT2D eigenvalue weighted by Crippen LogP contribution is 2.28. The lowest BCUT2D eigenvalue weighted by molar-refractivity contribution is -0.141. The molecule has 0 aliphatic carbocycles. The summed E-state index contributed by atoms with van der Waals surface area (Å²) in [6.45, 7) is 4.21. The Morgan fingerprint density at radius 3 is 2.27 bits per heavy atom. The molecule has 10 heteroatoms. The van der Waals surface area contributed by atoms with Crippen LogP contribution in [0, 0.1) is 0 Å². The fourth-order valence-electron chi connectivity index (χ4n) is 3.25. The van der Waals surface area contributed by atoms with E-state index in [-0.39, 0.29) is 5.95 Å². The maximum absolute atomic E-state index is 12.9. The highest BCUT2D eigenvalue weighted by atomic mass is 19.4. The van der Waals surface area contributed by atoms with Crippen LogP contribution in [0.25, 0.3) is 11.4 Å². The van der Waals surface area contributed by atoms with Gasteiger partial charge in [0, 0.05) is 62.1 Å². The lowest BCUT2D eigenvalue weighted by atomic mass is 10.2. The molecule has 0 saturated carbocycles. The van der Waals surface area contributed by atoms with Gasteiger partial charge in [0.15, 0.2) is 5.82 Å². The monoisotopic (exact) mass is 415 g/mol. The summed E-state index contributed by atoms with van der Waals surface area (Å²) in [6, 6.07) is 6.57. The van der Waals surface area contributed by atoms with Crippen molar-refractivity contribution in [3.8, 4) is 11.4 Å². The quantitative estimate of drug-likeness (QED) is 0.648. The molecule has 0 atom stereocenters. The van der Waals surface area contributed by atoms with Gasteiger partial charge in [0.05, 0.1) is 0 Å². The second-order valence-corrected chi connectivity index (χ2v) is 6.84. The van der Waals surface area contributed by atoms with E-state index in [0.717, 1.165) is 35.8 Å². The molecule has 1 saturated heterocycles. The Hall–Kier alpha value is -3.30. The first-order valence-corrected chi connectivity index (χ1v) is 9.62. The molecule has 0 amide bonds. The van der Waals surface area contributed by atoms with Crippen LogP contribution in [0.15, 0.2) is 42.9 Å². The topological polar surface area (TPSA) is 70.9 Å². The third kappa shape index (κ3) is 4.32. The van der Waals surface area contributed by atoms with Crippen molar-refractivity contribution in [2.75, 3.05) is 36.0 Å². The predicted octanol–water partition coefficient (Wildman–Crippen LogP) is 3.24. The molecule has 7 nitrogen and oxygen atoms in total. The molecular formula is C20H20F3N7. The van der Waals surface area contributed by atoms with Crippen LogP contribution < -0.4 is 9.80 Å². The number of aryl methyl sites for hydroxylation is 1. The van der Waals surface area contributed by atoms with E-state index in [1.54, 1.807) is 17.3 Å². The molecule has 1 aliphatic heterocycles. The zero-order chi connectivity index (χ0) is 21.1. The molecule has 1 fully saturated rings. The molecule has 3 aromatic heterocycles. The fourth-order valence-corrected chi connectivity index (χ4v) is 3.25. The minimum absolute atomic E-state index is 0.0962. The van der Waals surface area contributed by atoms with Crippen LogP contribution in [0.2, 0.25) is 0 Å². The van der Waals surface area contributed by atoms with Gasteiger partial charge in [-0.15, -0.1) is 0 Å². The Morgan fingerprint density at radius 2 is 1.60 bits per heavy atom. The average molecular weight is 415 g/mol. The average Bonchev–Trinajstić information content (AvgIpc) is 2.79. The van der Waals surface area contributed by atoms with Gasteiger partial charge in [-0.3, -0.25) is 4.98 Å². The van der Waals surface area contributed by atoms with Gasteiger partial charge in [-0.25, -0.2) is 19.9 Å². The van der Waals surface area contributed by atoms with E-state index in [1.165, 1.54) is 0 Å². The Bertz CT molecular complexity index is 1000. The predicted molar refractivity (Wildman–Crippen MR) is 106 cm³/mol. The third-order valence-corrected chi connectivity index (χ3v) is 4.89. The van der Waals surface area contributed by atoms with E-state index >= 15 is 0 Å². The molecule has 0 spiro atoms. The number of pyridine rings is 1. The molecule has 30 heavy (non-hydrogen) atoms. The van der Waals surface area contributed by atoms with Gasteiger partial charge in [-0.2, -0.15) is 13.2 Å². The van der Waals surface area contributed by atoms with Crippen molar-refractivity contribution in [2.24, 2.45) is 0 Å². The largest absolute Gasteiger partial charge is 0.433 e. The Morgan fingerprint density at radius 1 is 0.900 bits per heavy atom. The molecule has 4 rings (SSSR count). The summed E-state index contributed by atoms with van der Waals surface area (Å²) in [5, 5.41) is 0. The van der Waals surface area contributed by atoms with Gasteiger partial charge in [-0.05, 0) is 24.6 Å². The lowest BCUT2D eigenvalue weighted by Crippen LogP contribution is -2.47. The fraction of sp³-hybridized carbons (Fsp3) is 0.350. The number of aromatic nitrogens is 5. The first-order valence-electron chi connectivity index (χ1n) is 9.62. The summed E-state index contributed by atoms with van der Waals surface area (Å²) in [6.07, 6.45) is 0.831. The number of halogens is 3. The van der Waals surface area contributed by atoms with E-state index < -0.39 is 11.9 Å². The summed E-state index contributed by atoms with van der Waals surface area (Å²) in [5.74, 6) is 1.53. The van der Waals surface area contributed by atoms with Gasteiger partial charge in [0.1, 0.15) is 11.5 Å². The second kappa shape index (κ2) is 8.21. The molecule has 0 radical (unpaired) electrons. The molecule has 0 bridgehead atoms. The van der Waals surface area contributed by atoms with Crippen molar-refractivity contribution < 1.29 is 13.2 Å². The van der Waals surface area contributed by atoms with E-state index in [1.807, 2.05) is 25.1 Å². The van der Waals surface area contributed by atoms with Gasteiger partial charge in [0.25, 0.3) is 0 Å². The smallest absolute Gasteiger partial charge is 0.353 e. The van der Waals surface area contributed by atoms with Crippen LogP contribution in [0.3, 0.4) is 0 Å². The molecule has 156 valence electrons. The number of hydrogen-bond donors (Lipinski definition) is 0. The zero-order valence-electron chi connectivity index (χ0n) is 16.3. The van der Waals surface area contributed by atoms with Crippen LogP contribution in [0.5, 0.6) is 0 Å². The Labute approximate surface area is 171 Å². The highest BCUT2D eigenvalue weighted by Gasteiger charge is 2.33. The first-order chi connectivity index (χ1) is 14.4. The minimum Gasteiger partial charge on any atom is -0.353 e. The Kier molecular flexibility index (Phi) is 5.47. The number of nitrogens with zero attached hydrogens (tertiary/aromatic N) is 7. The number of rotatable bonds is 4. The van der Waals surface area contributed by atoms with Crippen molar-refractivity contribution in [3.63, 3.8) is 0 Å². The van der Waals surface area contributed by atoms with Crippen LogP contribution in [0.4, 0.5) is 24.9 Å². The normalized spacial score (nSPS) is 14.8. The minimum atomic E-state index is -4.49. The van der Waals surface area contributed by atoms with Gasteiger partial charge < -0.3 is 9.80 Å². The zero-order valence-corrected chi connectivity index (χ0v) is 16.3. The molecule has 0 unspecified atom stereocenters. The number of alkyl halides is 3. The molecular weight excluding hydrogens is 395 g/mol. The van der Waals surface area contributed by atoms with Crippen LogP contribution in [-0.2, 0) is 12.6 Å². The van der Waals surface area contributed by atoms with Crippen LogP contribution in [-0.4, -0.2) is 51.1 Å². The summed E-state index contributed by atoms with van der Waals surface area (Å²) < 4.78 is 38.8. The number of anilines is 2. The lowest BCUT2D eigenvalue weighted by Gasteiger charge is -2.35. The molecule has 4 heterocycles. The van der Waals surface area contributed by atoms with Crippen molar-refractivity contribution >= 4 is 11.8 Å². The Balaban J connectivity index is 1.52. The van der Waals surface area contributed by atoms with Crippen molar-refractivity contribution in [3.05, 3.63) is 54.2 Å². The van der Waals surface area contributed by atoms with E-state index in [0.29, 0.717) is 32.0 Å². The summed E-state index contributed by atoms with van der Waals surface area (Å²) >= 11 is 0. The molecule has 0 aromatic carbocycles. The van der Waals surface area contributed by atoms with E-state index in [9.17, 15) is 13.2 Å². The number of hydrogen-bond acceptors (Lipinski definition) is 7. The molecule has 0 N–H and O–H groups in total. The van der Waals surface area contributed by atoms with Crippen molar-refractivity contribution in [1.29, 1.82) is 0 Å². The number of piperazine rings is 1. The first kappa shape index (κ1) is 20.0. The van der Waals surface area contributed by atoms with E-state index in [2.05, 4.69) is 24.8 Å². The summed E-state index contributed by atoms with van der Waals surface area (Å²) in [7, 11) is 0. The van der Waals surface area contributed by atoms with Gasteiger partial charge in [0.2, 0.25) is 5.95 Å². The van der Waals surface area contributed by atoms with Crippen molar-refractivity contribution in [1.82, 2.24) is 24.9 Å². The second-order valence-electron chi connectivity index (χ2n) is 6.84. The van der Waals surface area contributed by atoms with E-state index in [4.69, 9.17) is 4.98 Å². The molecule has 1 aliphatic rings. The van der Waals surface area contributed by atoms with Crippen LogP contribution in [0.1, 0.15) is 18.3 Å². The standard InChI is InChI=1S/C20H20F3N7/c1-2-15-13-17(28-18(26-15)14-3-6-24-7-4-14)29-9-11-30(12-10-29)19-25-8-5-16(27-19)20(21,22)23/h3-8,13H,2,9-12H2,1H3. The molecule has 3 aromatic rings. The van der Waals surface area contributed by atoms with Gasteiger partial charge in [-0.1, -0.05) is 6.92 Å². The summed E-state index contributed by atoms with van der Waals surface area (Å²) in [5.41, 5.74) is 0.883. The summed E-state index contributed by atoms with van der Waals surface area (Å²) in [4.78, 5) is 24.9. The maximum atomic E-state index is 12.9. The van der Waals surface area contributed by atoms with Crippen molar-refractivity contribution in [2.45, 2.75) is 19.5 Å². The SMILES string of the molecule is CCc1cc(N2CCN(c3nccc(C(F)(F)F)n3)CC2)nc(-c2ccncc2)n1.